The van der Waals surface area contributed by atoms with E-state index in [1.165, 1.54) is 0 Å². The summed E-state index contributed by atoms with van der Waals surface area (Å²) in [6.07, 6.45) is 0. The predicted octanol–water partition coefficient (Wildman–Crippen LogP) is 10.4. The second-order valence-electron chi connectivity index (χ2n) is 5.18. The van der Waals surface area contributed by atoms with Crippen LogP contribution in [0.25, 0.3) is 0 Å². The molecule has 0 unspecified atom stereocenters. The number of halogens is 4. The summed E-state index contributed by atoms with van der Waals surface area (Å²) in [4.78, 5) is 0. The highest BCUT2D eigenvalue weighted by atomic mass is 79.9. The Morgan fingerprint density at radius 1 is 0.276 bits per heavy atom. The molecule has 0 nitrogen and oxygen atoms in total. The van der Waals surface area contributed by atoms with Gasteiger partial charge in [-0.2, -0.15) is 0 Å². The van der Waals surface area contributed by atoms with Gasteiger partial charge in [0.25, 0.3) is 0 Å². The van der Waals surface area contributed by atoms with Crippen LogP contribution >= 0.6 is 63.7 Å². The topological polar surface area (TPSA) is 0 Å². The van der Waals surface area contributed by atoms with Crippen LogP contribution in [-0.2, 0) is 0 Å². The van der Waals surface area contributed by atoms with Crippen LogP contribution in [0.15, 0.2) is 139 Å². The van der Waals surface area contributed by atoms with Gasteiger partial charge in [-0.05, 0) is 48.5 Å². The monoisotopic (exact) mass is 640 g/mol. The van der Waals surface area contributed by atoms with E-state index in [0.29, 0.717) is 0 Å². The Bertz CT molecular complexity index is 687. The molecule has 0 aliphatic carbocycles. The highest BCUT2D eigenvalue weighted by Gasteiger charge is 1.76. The van der Waals surface area contributed by atoms with Gasteiger partial charge in [-0.15, -0.1) is 0 Å². The second kappa shape index (κ2) is 18.8. The molecule has 4 aromatic rings. The minimum atomic E-state index is 0. The Labute approximate surface area is 208 Å². The van der Waals surface area contributed by atoms with Gasteiger partial charge in [0.1, 0.15) is 0 Å². The molecule has 0 aliphatic heterocycles. The zero-order valence-corrected chi connectivity index (χ0v) is 21.4. The van der Waals surface area contributed by atoms with Crippen LogP contribution in [0.5, 0.6) is 0 Å². The van der Waals surface area contributed by atoms with Gasteiger partial charge >= 0.3 is 0 Å². The highest BCUT2D eigenvalue weighted by Crippen LogP contribution is 2.07. The van der Waals surface area contributed by atoms with Crippen molar-refractivity contribution >= 4 is 63.7 Å². The highest BCUT2D eigenvalue weighted by molar-refractivity contribution is 9.11. The van der Waals surface area contributed by atoms with E-state index >= 15 is 0 Å². The molecule has 4 heteroatoms. The van der Waals surface area contributed by atoms with E-state index in [1.54, 1.807) is 0 Å². The average Bonchev–Trinajstić information content (AvgIpc) is 2.72. The van der Waals surface area contributed by atoms with E-state index in [2.05, 4.69) is 63.7 Å². The molecule has 0 heterocycles. The third kappa shape index (κ3) is 17.4. The maximum absolute atomic E-state index is 3.31. The van der Waals surface area contributed by atoms with Crippen molar-refractivity contribution in [1.82, 2.24) is 0 Å². The predicted molar refractivity (Wildman–Crippen MR) is 143 cm³/mol. The largest absolute Gasteiger partial charge is 0.0776 e. The molecule has 4 rings (SSSR count). The Hall–Kier alpha value is -1.20. The first-order valence-electron chi connectivity index (χ1n) is 8.40. The van der Waals surface area contributed by atoms with E-state index in [1.807, 2.05) is 121 Å². The Morgan fingerprint density at radius 3 is 0.483 bits per heavy atom. The quantitative estimate of drug-likeness (QED) is 0.179. The fraction of sp³-hybridized carbons (Fsp3) is 0.0400. The molecule has 152 valence electrons. The lowest BCUT2D eigenvalue weighted by Gasteiger charge is -1.80. The smallest absolute Gasteiger partial charge is 0.0175 e. The van der Waals surface area contributed by atoms with Crippen LogP contribution in [-0.4, -0.2) is 0 Å². The Kier molecular flexibility index (Phi) is 18.0. The van der Waals surface area contributed by atoms with Crippen LogP contribution in [0.3, 0.4) is 0 Å². The van der Waals surface area contributed by atoms with Gasteiger partial charge in [0.2, 0.25) is 0 Å². The first-order chi connectivity index (χ1) is 13.6. The molecule has 0 saturated carbocycles. The van der Waals surface area contributed by atoms with Gasteiger partial charge in [-0.25, -0.2) is 0 Å². The van der Waals surface area contributed by atoms with Crippen LogP contribution in [0.1, 0.15) is 7.43 Å². The van der Waals surface area contributed by atoms with Gasteiger partial charge in [0, 0.05) is 17.9 Å². The van der Waals surface area contributed by atoms with Crippen molar-refractivity contribution < 1.29 is 0 Å². The van der Waals surface area contributed by atoms with E-state index in [0.717, 1.165) is 17.9 Å². The lowest BCUT2D eigenvalue weighted by molar-refractivity contribution is 1.66. The van der Waals surface area contributed by atoms with E-state index in [4.69, 9.17) is 0 Å². The van der Waals surface area contributed by atoms with Crippen molar-refractivity contribution in [3.63, 3.8) is 0 Å². The standard InChI is InChI=1S/4C6H5Br.CH4/c4*7-6-4-2-1-3-5-6;/h4*1-5H;1H4. The molecule has 0 bridgehead atoms. The Morgan fingerprint density at radius 2 is 0.414 bits per heavy atom. The van der Waals surface area contributed by atoms with Gasteiger partial charge in [0.05, 0.1) is 0 Å². The summed E-state index contributed by atoms with van der Waals surface area (Å²) in [5, 5.41) is 0. The number of hydrogen-bond donors (Lipinski definition) is 0. The maximum atomic E-state index is 3.31. The van der Waals surface area contributed by atoms with Crippen molar-refractivity contribution in [1.29, 1.82) is 0 Å². The first kappa shape index (κ1) is 27.8. The van der Waals surface area contributed by atoms with Crippen molar-refractivity contribution in [3.8, 4) is 0 Å². The zero-order valence-electron chi connectivity index (χ0n) is 15.1. The first-order valence-corrected chi connectivity index (χ1v) is 11.6. The minimum absolute atomic E-state index is 0. The van der Waals surface area contributed by atoms with Crippen molar-refractivity contribution in [3.05, 3.63) is 139 Å². The van der Waals surface area contributed by atoms with E-state index in [9.17, 15) is 0 Å². The number of hydrogen-bond acceptors (Lipinski definition) is 0. The third-order valence-corrected chi connectivity index (χ3v) is 5.05. The molecule has 0 fully saturated rings. The summed E-state index contributed by atoms with van der Waals surface area (Å²) >= 11 is 13.2. The molecule has 0 amide bonds. The Balaban J connectivity index is 0.000000356. The molecular weight excluding hydrogens is 620 g/mol. The van der Waals surface area contributed by atoms with Gasteiger partial charge in [-0.1, -0.05) is 144 Å². The maximum Gasteiger partial charge on any atom is 0.0175 e. The third-order valence-electron chi connectivity index (χ3n) is 2.93. The van der Waals surface area contributed by atoms with Crippen LogP contribution in [0.4, 0.5) is 0 Å². The van der Waals surface area contributed by atoms with Gasteiger partial charge in [-0.3, -0.25) is 0 Å². The summed E-state index contributed by atoms with van der Waals surface area (Å²) in [6.45, 7) is 0. The molecule has 29 heavy (non-hydrogen) atoms. The van der Waals surface area contributed by atoms with Crippen molar-refractivity contribution in [2.75, 3.05) is 0 Å². The summed E-state index contributed by atoms with van der Waals surface area (Å²) in [5.41, 5.74) is 0. The lowest BCUT2D eigenvalue weighted by atomic mass is 10.4. The normalized spacial score (nSPS) is 8.41. The number of benzene rings is 4. The lowest BCUT2D eigenvalue weighted by Crippen LogP contribution is -1.55. The summed E-state index contributed by atoms with van der Waals surface area (Å²) in [6, 6.07) is 39.9. The SMILES string of the molecule is Brc1ccccc1.Brc1ccccc1.Brc1ccccc1.Brc1ccccc1.C. The molecule has 0 aromatic heterocycles. The molecule has 0 atom stereocenters. The molecule has 0 aliphatic rings. The summed E-state index contributed by atoms with van der Waals surface area (Å²) in [5.74, 6) is 0. The van der Waals surface area contributed by atoms with Crippen molar-refractivity contribution in [2.45, 2.75) is 7.43 Å². The fourth-order valence-corrected chi connectivity index (χ4v) is 2.88. The molecule has 0 radical (unpaired) electrons. The molecular formula is C25H24Br4. The zero-order chi connectivity index (χ0) is 20.5. The summed E-state index contributed by atoms with van der Waals surface area (Å²) < 4.78 is 4.54. The average molecular weight is 644 g/mol. The number of rotatable bonds is 0. The van der Waals surface area contributed by atoms with Crippen LogP contribution in [0.2, 0.25) is 0 Å². The van der Waals surface area contributed by atoms with Crippen LogP contribution in [0, 0.1) is 0 Å². The van der Waals surface area contributed by atoms with Gasteiger partial charge in [0.15, 0.2) is 0 Å². The minimum Gasteiger partial charge on any atom is -0.0776 e. The van der Waals surface area contributed by atoms with E-state index in [-0.39, 0.29) is 7.43 Å². The molecule has 0 N–H and O–H groups in total. The fourth-order valence-electron chi connectivity index (χ4n) is 1.66. The molecule has 0 saturated heterocycles. The van der Waals surface area contributed by atoms with E-state index < -0.39 is 0 Å². The molecule has 0 spiro atoms. The van der Waals surface area contributed by atoms with Crippen molar-refractivity contribution in [2.24, 2.45) is 0 Å². The summed E-state index contributed by atoms with van der Waals surface area (Å²) in [7, 11) is 0. The molecule has 4 aromatic carbocycles. The second-order valence-corrected chi connectivity index (χ2v) is 8.84. The van der Waals surface area contributed by atoms with Gasteiger partial charge < -0.3 is 0 Å². The van der Waals surface area contributed by atoms with Crippen LogP contribution < -0.4 is 0 Å².